The Kier molecular flexibility index (Phi) is 5.92. The van der Waals surface area contributed by atoms with Crippen LogP contribution in [-0.4, -0.2) is 32.3 Å². The molecule has 5 heteroatoms. The molecule has 122 valence electrons. The van der Waals surface area contributed by atoms with Crippen LogP contribution >= 0.6 is 0 Å². The first kappa shape index (κ1) is 16.5. The zero-order chi connectivity index (χ0) is 15.9. The van der Waals surface area contributed by atoms with Gasteiger partial charge in [0.05, 0.1) is 20.3 Å². The highest BCUT2D eigenvalue weighted by Crippen LogP contribution is 2.29. The predicted molar refractivity (Wildman–Crippen MR) is 89.7 cm³/mol. The molecule has 1 saturated carbocycles. The van der Waals surface area contributed by atoms with Crippen LogP contribution in [0.4, 0.5) is 0 Å². The third-order valence-electron chi connectivity index (χ3n) is 3.72. The van der Waals surface area contributed by atoms with Crippen LogP contribution in [0.25, 0.3) is 0 Å². The number of guanidine groups is 1. The molecule has 1 fully saturated rings. The van der Waals surface area contributed by atoms with Gasteiger partial charge in [-0.3, -0.25) is 0 Å². The molecule has 22 heavy (non-hydrogen) atoms. The molecule has 0 radical (unpaired) electrons. The summed E-state index contributed by atoms with van der Waals surface area (Å²) in [6.45, 7) is 8.39. The standard InChI is InChI=1S/C17H27N3O2/c1-5-18-17(20-14-9-12(14)3)19-11-13-7-8-15(22-6-2)16(10-13)21-4/h7-8,10,12,14H,5-6,9,11H2,1-4H3,(H2,18,19,20). The van der Waals surface area contributed by atoms with Crippen LogP contribution in [0.2, 0.25) is 0 Å². The van der Waals surface area contributed by atoms with Gasteiger partial charge in [0.2, 0.25) is 0 Å². The van der Waals surface area contributed by atoms with Crippen LogP contribution in [0.3, 0.4) is 0 Å². The quantitative estimate of drug-likeness (QED) is 0.600. The van der Waals surface area contributed by atoms with Crippen LogP contribution in [0.5, 0.6) is 11.5 Å². The summed E-state index contributed by atoms with van der Waals surface area (Å²) in [4.78, 5) is 4.65. The molecule has 0 amide bonds. The van der Waals surface area contributed by atoms with Gasteiger partial charge in [-0.25, -0.2) is 4.99 Å². The first-order valence-corrected chi connectivity index (χ1v) is 8.02. The highest BCUT2D eigenvalue weighted by molar-refractivity contribution is 5.80. The SMILES string of the molecule is CCNC(=NCc1ccc(OCC)c(OC)c1)NC1CC1C. The molecule has 0 heterocycles. The summed E-state index contributed by atoms with van der Waals surface area (Å²) < 4.78 is 10.9. The lowest BCUT2D eigenvalue weighted by Gasteiger charge is -2.12. The maximum absolute atomic E-state index is 5.53. The van der Waals surface area contributed by atoms with Crippen molar-refractivity contribution in [3.8, 4) is 11.5 Å². The van der Waals surface area contributed by atoms with Gasteiger partial charge in [-0.2, -0.15) is 0 Å². The molecule has 2 N–H and O–H groups in total. The number of methoxy groups -OCH3 is 1. The molecule has 2 unspecified atom stereocenters. The number of aliphatic imine (C=N–C) groups is 1. The minimum Gasteiger partial charge on any atom is -0.493 e. The van der Waals surface area contributed by atoms with Gasteiger partial charge in [0.25, 0.3) is 0 Å². The number of benzene rings is 1. The lowest BCUT2D eigenvalue weighted by Crippen LogP contribution is -2.39. The first-order chi connectivity index (χ1) is 10.7. The average molecular weight is 305 g/mol. The fourth-order valence-corrected chi connectivity index (χ4v) is 2.27. The molecule has 1 aliphatic carbocycles. The fourth-order valence-electron chi connectivity index (χ4n) is 2.27. The van der Waals surface area contributed by atoms with Gasteiger partial charge in [0.15, 0.2) is 17.5 Å². The molecule has 0 saturated heterocycles. The molecule has 0 aromatic heterocycles. The van der Waals surface area contributed by atoms with E-state index in [4.69, 9.17) is 9.47 Å². The van der Waals surface area contributed by atoms with Crippen LogP contribution in [0.15, 0.2) is 23.2 Å². The summed E-state index contributed by atoms with van der Waals surface area (Å²) in [7, 11) is 1.66. The number of rotatable bonds is 7. The van der Waals surface area contributed by atoms with E-state index in [1.54, 1.807) is 7.11 Å². The Bertz CT molecular complexity index is 517. The summed E-state index contributed by atoms with van der Waals surface area (Å²) in [5.41, 5.74) is 1.10. The molecule has 1 aromatic carbocycles. The summed E-state index contributed by atoms with van der Waals surface area (Å²) in [5, 5.41) is 6.74. The lowest BCUT2D eigenvalue weighted by molar-refractivity contribution is 0.310. The molecular weight excluding hydrogens is 278 g/mol. The zero-order valence-electron chi connectivity index (χ0n) is 14.0. The van der Waals surface area contributed by atoms with Crippen molar-refractivity contribution in [2.75, 3.05) is 20.3 Å². The number of nitrogens with one attached hydrogen (secondary N) is 2. The Morgan fingerprint density at radius 2 is 2.09 bits per heavy atom. The molecule has 0 aliphatic heterocycles. The molecule has 1 aliphatic rings. The zero-order valence-corrected chi connectivity index (χ0v) is 14.0. The predicted octanol–water partition coefficient (Wildman–Crippen LogP) is 2.56. The highest BCUT2D eigenvalue weighted by Gasteiger charge is 2.33. The summed E-state index contributed by atoms with van der Waals surface area (Å²) in [6, 6.07) is 6.52. The third-order valence-corrected chi connectivity index (χ3v) is 3.72. The number of hydrogen-bond acceptors (Lipinski definition) is 3. The third kappa shape index (κ3) is 4.55. The average Bonchev–Trinajstić information content (AvgIpc) is 3.21. The molecule has 0 bridgehead atoms. The van der Waals surface area contributed by atoms with E-state index in [1.807, 2.05) is 25.1 Å². The molecule has 2 atom stereocenters. The Morgan fingerprint density at radius 1 is 1.32 bits per heavy atom. The van der Waals surface area contributed by atoms with Crippen LogP contribution < -0.4 is 20.1 Å². The summed E-state index contributed by atoms with van der Waals surface area (Å²) >= 11 is 0. The van der Waals surface area contributed by atoms with E-state index in [2.05, 4.69) is 29.5 Å². The van der Waals surface area contributed by atoms with Gasteiger partial charge in [-0.1, -0.05) is 13.0 Å². The molecule has 2 rings (SSSR count). The topological polar surface area (TPSA) is 54.9 Å². The van der Waals surface area contributed by atoms with E-state index in [-0.39, 0.29) is 0 Å². The lowest BCUT2D eigenvalue weighted by atomic mass is 10.2. The van der Waals surface area contributed by atoms with Crippen molar-refractivity contribution in [2.45, 2.75) is 39.8 Å². The van der Waals surface area contributed by atoms with Crippen molar-refractivity contribution in [3.05, 3.63) is 23.8 Å². The van der Waals surface area contributed by atoms with E-state index >= 15 is 0 Å². The van der Waals surface area contributed by atoms with Gasteiger partial charge < -0.3 is 20.1 Å². The normalized spacial score (nSPS) is 20.5. The monoisotopic (exact) mass is 305 g/mol. The van der Waals surface area contributed by atoms with Crippen molar-refractivity contribution in [3.63, 3.8) is 0 Å². The Labute approximate surface area is 133 Å². The van der Waals surface area contributed by atoms with E-state index < -0.39 is 0 Å². The number of ether oxygens (including phenoxy) is 2. The summed E-state index contributed by atoms with van der Waals surface area (Å²) in [5.74, 6) is 3.15. The number of hydrogen-bond donors (Lipinski definition) is 2. The minimum atomic E-state index is 0.563. The van der Waals surface area contributed by atoms with Gasteiger partial charge in [-0.15, -0.1) is 0 Å². The molecule has 0 spiro atoms. The second-order valence-electron chi connectivity index (χ2n) is 5.58. The summed E-state index contributed by atoms with van der Waals surface area (Å²) in [6.07, 6.45) is 1.22. The van der Waals surface area contributed by atoms with Gasteiger partial charge in [0.1, 0.15) is 0 Å². The van der Waals surface area contributed by atoms with E-state index in [9.17, 15) is 0 Å². The maximum atomic E-state index is 5.53. The van der Waals surface area contributed by atoms with E-state index in [0.717, 1.165) is 35.5 Å². The Morgan fingerprint density at radius 3 is 2.68 bits per heavy atom. The van der Waals surface area contributed by atoms with Crippen LogP contribution in [0, 0.1) is 5.92 Å². The van der Waals surface area contributed by atoms with Crippen molar-refractivity contribution in [1.82, 2.24) is 10.6 Å². The first-order valence-electron chi connectivity index (χ1n) is 8.02. The van der Waals surface area contributed by atoms with Gasteiger partial charge >= 0.3 is 0 Å². The van der Waals surface area contributed by atoms with Gasteiger partial charge in [-0.05, 0) is 43.9 Å². The molecular formula is C17H27N3O2. The van der Waals surface area contributed by atoms with Gasteiger partial charge in [0, 0.05) is 12.6 Å². The highest BCUT2D eigenvalue weighted by atomic mass is 16.5. The second-order valence-corrected chi connectivity index (χ2v) is 5.58. The fraction of sp³-hybridized carbons (Fsp3) is 0.588. The number of nitrogens with zero attached hydrogens (tertiary/aromatic N) is 1. The minimum absolute atomic E-state index is 0.563. The van der Waals surface area contributed by atoms with Crippen molar-refractivity contribution in [2.24, 2.45) is 10.9 Å². The molecule has 5 nitrogen and oxygen atoms in total. The Balaban J connectivity index is 2.02. The Hall–Kier alpha value is -1.91. The molecule has 1 aromatic rings. The maximum Gasteiger partial charge on any atom is 0.191 e. The van der Waals surface area contributed by atoms with Crippen molar-refractivity contribution in [1.29, 1.82) is 0 Å². The van der Waals surface area contributed by atoms with E-state index in [0.29, 0.717) is 19.2 Å². The second kappa shape index (κ2) is 7.92. The largest absolute Gasteiger partial charge is 0.493 e. The van der Waals surface area contributed by atoms with Crippen LogP contribution in [0.1, 0.15) is 32.8 Å². The smallest absolute Gasteiger partial charge is 0.191 e. The van der Waals surface area contributed by atoms with Crippen molar-refractivity contribution < 1.29 is 9.47 Å². The van der Waals surface area contributed by atoms with Crippen molar-refractivity contribution >= 4 is 5.96 Å². The van der Waals surface area contributed by atoms with E-state index in [1.165, 1.54) is 6.42 Å². The van der Waals surface area contributed by atoms with Crippen LogP contribution in [-0.2, 0) is 6.54 Å².